The van der Waals surface area contributed by atoms with E-state index in [1.807, 2.05) is 0 Å². The number of likely N-dealkylation sites (N-methyl/N-ethyl adjacent to an activating group) is 1. The summed E-state index contributed by atoms with van der Waals surface area (Å²) in [7, 11) is 1.65. The zero-order valence-electron chi connectivity index (χ0n) is 10.2. The van der Waals surface area contributed by atoms with Gasteiger partial charge in [0, 0.05) is 24.7 Å². The minimum absolute atomic E-state index is 0.0602. The van der Waals surface area contributed by atoms with Crippen LogP contribution in [0.25, 0.3) is 0 Å². The molecule has 3 nitrogen and oxygen atoms in total. The summed E-state index contributed by atoms with van der Waals surface area (Å²) in [6, 6.07) is 4.26. The van der Waals surface area contributed by atoms with Gasteiger partial charge in [-0.25, -0.2) is 4.39 Å². The van der Waals surface area contributed by atoms with Gasteiger partial charge in [0.05, 0.1) is 0 Å². The molecule has 1 amide bonds. The lowest BCUT2D eigenvalue weighted by atomic mass is 9.69. The van der Waals surface area contributed by atoms with E-state index in [0.717, 1.165) is 12.8 Å². The lowest BCUT2D eigenvalue weighted by Crippen LogP contribution is -2.46. The highest BCUT2D eigenvalue weighted by molar-refractivity contribution is 6.22. The number of amides is 1. The van der Waals surface area contributed by atoms with Crippen LogP contribution in [0, 0.1) is 5.82 Å². The number of nitrogens with zero attached hydrogens (tertiary/aromatic N) is 1. The Hall–Kier alpha value is -1.71. The van der Waals surface area contributed by atoms with Gasteiger partial charge in [0.15, 0.2) is 5.78 Å². The molecule has 18 heavy (non-hydrogen) atoms. The fourth-order valence-corrected chi connectivity index (χ4v) is 3.19. The van der Waals surface area contributed by atoms with Crippen LogP contribution in [0.3, 0.4) is 0 Å². The summed E-state index contributed by atoms with van der Waals surface area (Å²) < 4.78 is 13.4. The van der Waals surface area contributed by atoms with Crippen LogP contribution in [0.5, 0.6) is 0 Å². The van der Waals surface area contributed by atoms with E-state index in [4.69, 9.17) is 0 Å². The zero-order valence-corrected chi connectivity index (χ0v) is 10.2. The van der Waals surface area contributed by atoms with Gasteiger partial charge in [-0.3, -0.25) is 9.59 Å². The smallest absolute Gasteiger partial charge is 0.245 e. The Morgan fingerprint density at radius 2 is 2.06 bits per heavy atom. The van der Waals surface area contributed by atoms with Gasteiger partial charge in [-0.05, 0) is 31.0 Å². The molecular formula is C14H14FNO2. The first-order chi connectivity index (χ1) is 8.57. The summed E-state index contributed by atoms with van der Waals surface area (Å²) in [4.78, 5) is 26.2. The molecule has 1 unspecified atom stereocenters. The number of ketones is 1. The third kappa shape index (κ3) is 1.23. The molecule has 1 atom stereocenters. The van der Waals surface area contributed by atoms with Gasteiger partial charge >= 0.3 is 0 Å². The number of hydrogen-bond donors (Lipinski definition) is 0. The van der Waals surface area contributed by atoms with E-state index in [1.54, 1.807) is 13.1 Å². The molecule has 1 saturated carbocycles. The van der Waals surface area contributed by atoms with Gasteiger partial charge in [0.1, 0.15) is 11.2 Å². The molecule has 2 aliphatic rings. The van der Waals surface area contributed by atoms with E-state index >= 15 is 0 Å². The highest BCUT2D eigenvalue weighted by Gasteiger charge is 2.55. The maximum Gasteiger partial charge on any atom is 0.245 e. The summed E-state index contributed by atoms with van der Waals surface area (Å²) >= 11 is 0. The Labute approximate surface area is 105 Å². The molecule has 1 heterocycles. The molecule has 1 aromatic carbocycles. The van der Waals surface area contributed by atoms with Gasteiger partial charge in [0.25, 0.3) is 0 Å². The maximum atomic E-state index is 13.4. The lowest BCUT2D eigenvalue weighted by molar-refractivity contribution is -0.135. The van der Waals surface area contributed by atoms with Crippen molar-refractivity contribution in [1.82, 2.24) is 0 Å². The topological polar surface area (TPSA) is 37.4 Å². The molecule has 0 saturated heterocycles. The van der Waals surface area contributed by atoms with E-state index < -0.39 is 11.2 Å². The number of benzene rings is 1. The van der Waals surface area contributed by atoms with E-state index in [0.29, 0.717) is 24.1 Å². The number of carbonyl (C=O) groups excluding carboxylic acids is 2. The summed E-state index contributed by atoms with van der Waals surface area (Å²) in [5.74, 6) is -0.655. The molecule has 0 aromatic heterocycles. The monoisotopic (exact) mass is 247 g/mol. The summed E-state index contributed by atoms with van der Waals surface area (Å²) in [6.45, 7) is 0. The number of fused-ring (bicyclic) bond motifs is 2. The van der Waals surface area contributed by atoms with E-state index in [9.17, 15) is 14.0 Å². The molecule has 1 spiro atoms. The summed E-state index contributed by atoms with van der Waals surface area (Å²) in [5.41, 5.74) is 0.112. The van der Waals surface area contributed by atoms with E-state index in [-0.39, 0.29) is 11.7 Å². The highest BCUT2D eigenvalue weighted by atomic mass is 19.1. The highest BCUT2D eigenvalue weighted by Crippen LogP contribution is 2.47. The predicted octanol–water partition coefficient (Wildman–Crippen LogP) is 2.18. The second-order valence-corrected chi connectivity index (χ2v) is 5.06. The Balaban J connectivity index is 2.25. The Bertz CT molecular complexity index is 555. The molecule has 94 valence electrons. The fourth-order valence-electron chi connectivity index (χ4n) is 3.19. The lowest BCUT2D eigenvalue weighted by Gasteiger charge is -2.30. The van der Waals surface area contributed by atoms with Crippen LogP contribution in [0.4, 0.5) is 10.1 Å². The molecule has 0 radical (unpaired) electrons. The Kier molecular flexibility index (Phi) is 2.30. The number of carbonyl (C=O) groups is 2. The van der Waals surface area contributed by atoms with Gasteiger partial charge in [-0.2, -0.15) is 0 Å². The molecular weight excluding hydrogens is 233 g/mol. The normalized spacial score (nSPS) is 26.9. The molecule has 1 aromatic rings. The average molecular weight is 247 g/mol. The van der Waals surface area contributed by atoms with Crippen molar-refractivity contribution in [1.29, 1.82) is 0 Å². The predicted molar refractivity (Wildman–Crippen MR) is 65.0 cm³/mol. The van der Waals surface area contributed by atoms with Crippen LogP contribution in [0.15, 0.2) is 18.2 Å². The van der Waals surface area contributed by atoms with Crippen molar-refractivity contribution in [3.63, 3.8) is 0 Å². The zero-order chi connectivity index (χ0) is 12.9. The van der Waals surface area contributed by atoms with E-state index in [2.05, 4.69) is 0 Å². The first kappa shape index (κ1) is 11.4. The van der Waals surface area contributed by atoms with Crippen LogP contribution < -0.4 is 4.90 Å². The second-order valence-electron chi connectivity index (χ2n) is 5.06. The van der Waals surface area contributed by atoms with Gasteiger partial charge < -0.3 is 4.90 Å². The van der Waals surface area contributed by atoms with Crippen LogP contribution >= 0.6 is 0 Å². The standard InChI is InChI=1S/C14H14FNO2/c1-16-11-6-5-9(15)8-10(11)14(13(16)18)7-3-2-4-12(14)17/h5-6,8H,2-4,7H2,1H3. The largest absolute Gasteiger partial charge is 0.314 e. The average Bonchev–Trinajstić information content (AvgIpc) is 2.56. The Morgan fingerprint density at radius 3 is 2.78 bits per heavy atom. The minimum atomic E-state index is -1.11. The van der Waals surface area contributed by atoms with Crippen molar-refractivity contribution >= 4 is 17.4 Å². The van der Waals surface area contributed by atoms with Crippen molar-refractivity contribution in [2.24, 2.45) is 0 Å². The summed E-state index contributed by atoms with van der Waals surface area (Å²) in [6.07, 6.45) is 2.57. The number of hydrogen-bond acceptors (Lipinski definition) is 2. The van der Waals surface area contributed by atoms with Crippen LogP contribution in [0.2, 0.25) is 0 Å². The molecule has 4 heteroatoms. The van der Waals surface area contributed by atoms with Crippen molar-refractivity contribution in [2.45, 2.75) is 31.1 Å². The molecule has 3 rings (SSSR count). The van der Waals surface area contributed by atoms with Crippen LogP contribution in [0.1, 0.15) is 31.2 Å². The Morgan fingerprint density at radius 1 is 1.28 bits per heavy atom. The van der Waals surface area contributed by atoms with Crippen LogP contribution in [-0.4, -0.2) is 18.7 Å². The summed E-state index contributed by atoms with van der Waals surface area (Å²) in [5, 5.41) is 0. The van der Waals surface area contributed by atoms with Crippen molar-refractivity contribution in [2.75, 3.05) is 11.9 Å². The van der Waals surface area contributed by atoms with Crippen molar-refractivity contribution in [3.05, 3.63) is 29.6 Å². The third-order valence-corrected chi connectivity index (χ3v) is 4.13. The van der Waals surface area contributed by atoms with Crippen LogP contribution in [-0.2, 0) is 15.0 Å². The molecule has 1 fully saturated rings. The third-order valence-electron chi connectivity index (χ3n) is 4.13. The minimum Gasteiger partial charge on any atom is -0.314 e. The number of Topliss-reactive ketones (excluding diaryl/α,β-unsaturated/α-hetero) is 1. The van der Waals surface area contributed by atoms with Gasteiger partial charge in [0.2, 0.25) is 5.91 Å². The molecule has 1 aliphatic carbocycles. The first-order valence-corrected chi connectivity index (χ1v) is 6.19. The SMILES string of the molecule is CN1C(=O)C2(CCCCC2=O)c2cc(F)ccc21. The number of rotatable bonds is 0. The first-order valence-electron chi connectivity index (χ1n) is 6.19. The maximum absolute atomic E-state index is 13.4. The van der Waals surface area contributed by atoms with E-state index in [1.165, 1.54) is 17.0 Å². The van der Waals surface area contributed by atoms with Crippen molar-refractivity contribution in [3.8, 4) is 0 Å². The van der Waals surface area contributed by atoms with Gasteiger partial charge in [-0.1, -0.05) is 6.42 Å². The van der Waals surface area contributed by atoms with Crippen molar-refractivity contribution < 1.29 is 14.0 Å². The molecule has 0 bridgehead atoms. The quantitative estimate of drug-likeness (QED) is 0.659. The number of anilines is 1. The second kappa shape index (κ2) is 3.64. The molecule has 1 aliphatic heterocycles. The molecule has 0 N–H and O–H groups in total. The number of halogens is 1. The fraction of sp³-hybridized carbons (Fsp3) is 0.429. The van der Waals surface area contributed by atoms with Gasteiger partial charge in [-0.15, -0.1) is 0 Å².